The van der Waals surface area contributed by atoms with Crippen LogP contribution in [-0.2, 0) is 12.6 Å². The van der Waals surface area contributed by atoms with Gasteiger partial charge in [0, 0.05) is 17.6 Å². The highest BCUT2D eigenvalue weighted by molar-refractivity contribution is 5.63. The molecule has 5 nitrogen and oxygen atoms in total. The number of nitrogens with one attached hydrogen (secondary N) is 2. The van der Waals surface area contributed by atoms with Crippen LogP contribution in [0.5, 0.6) is 5.75 Å². The average Bonchev–Trinajstić information content (AvgIpc) is 2.80. The summed E-state index contributed by atoms with van der Waals surface area (Å²) in [4.78, 5) is 8.00. The van der Waals surface area contributed by atoms with Crippen molar-refractivity contribution in [3.8, 4) is 5.75 Å². The summed E-state index contributed by atoms with van der Waals surface area (Å²) in [5.41, 5.74) is 1.42. The molecule has 3 rings (SSSR count). The number of benzene rings is 2. The molecule has 8 heteroatoms. The molecule has 3 aromatic rings. The van der Waals surface area contributed by atoms with E-state index in [-0.39, 0.29) is 11.8 Å². The molecule has 35 heavy (non-hydrogen) atoms. The summed E-state index contributed by atoms with van der Waals surface area (Å²) < 4.78 is 46.5. The summed E-state index contributed by atoms with van der Waals surface area (Å²) in [5.74, 6) is 0.963. The Kier molecular flexibility index (Phi) is 9.34. The van der Waals surface area contributed by atoms with Crippen molar-refractivity contribution < 1.29 is 17.9 Å². The van der Waals surface area contributed by atoms with Gasteiger partial charge in [-0.2, -0.15) is 18.2 Å². The van der Waals surface area contributed by atoms with Crippen LogP contribution in [0, 0.1) is 5.92 Å². The first-order chi connectivity index (χ1) is 16.7. The first-order valence-corrected chi connectivity index (χ1v) is 12.0. The summed E-state index contributed by atoms with van der Waals surface area (Å²) in [7, 11) is 0. The maximum atomic E-state index is 13.6. The molecule has 0 aliphatic heterocycles. The van der Waals surface area contributed by atoms with Crippen LogP contribution in [0.1, 0.15) is 57.6 Å². The highest BCUT2D eigenvalue weighted by Gasteiger charge is 2.35. The predicted molar refractivity (Wildman–Crippen MR) is 135 cm³/mol. The molecule has 2 N–H and O–H groups in total. The number of ether oxygens (including phenoxy) is 1. The molecule has 2 aromatic carbocycles. The fourth-order valence-electron chi connectivity index (χ4n) is 3.56. The van der Waals surface area contributed by atoms with Gasteiger partial charge in [0.05, 0.1) is 6.61 Å². The van der Waals surface area contributed by atoms with Gasteiger partial charge in [-0.15, -0.1) is 0 Å². The second-order valence-electron chi connectivity index (χ2n) is 8.93. The number of anilines is 4. The third kappa shape index (κ3) is 8.46. The fourth-order valence-corrected chi connectivity index (χ4v) is 3.56. The van der Waals surface area contributed by atoms with E-state index in [1.807, 2.05) is 24.3 Å². The molecular weight excluding hydrogens is 453 g/mol. The van der Waals surface area contributed by atoms with Gasteiger partial charge in [-0.3, -0.25) is 0 Å². The van der Waals surface area contributed by atoms with E-state index in [1.54, 1.807) is 24.3 Å². The lowest BCUT2D eigenvalue weighted by molar-refractivity contribution is -0.137. The Labute approximate surface area is 205 Å². The Morgan fingerprint density at radius 1 is 0.886 bits per heavy atom. The highest BCUT2D eigenvalue weighted by atomic mass is 19.4. The van der Waals surface area contributed by atoms with Crippen LogP contribution in [-0.4, -0.2) is 16.6 Å². The average molecular weight is 487 g/mol. The SMILES string of the molecule is CCCCCCOc1ccc(Nc2nc(Nc3ccc(CC(C)C)cc3)ncc2C(F)(F)F)cc1. The standard InChI is InChI=1S/C27H33F3N4O/c1-4-5-6-7-16-35-23-14-12-21(13-15-23)32-25-24(27(28,29)30)18-31-26(34-25)33-22-10-8-20(9-11-22)17-19(2)3/h8-15,18-19H,4-7,16-17H2,1-3H3,(H2,31,32,33,34). The number of aromatic nitrogens is 2. The molecule has 0 aliphatic rings. The number of nitrogens with zero attached hydrogens (tertiary/aromatic N) is 2. The van der Waals surface area contributed by atoms with Gasteiger partial charge in [-0.1, -0.05) is 52.2 Å². The first-order valence-electron chi connectivity index (χ1n) is 12.0. The second kappa shape index (κ2) is 12.4. The number of halogens is 3. The van der Waals surface area contributed by atoms with Crippen LogP contribution in [0.2, 0.25) is 0 Å². The Morgan fingerprint density at radius 2 is 1.54 bits per heavy atom. The van der Waals surface area contributed by atoms with Gasteiger partial charge in [0.15, 0.2) is 0 Å². The number of unbranched alkanes of at least 4 members (excludes halogenated alkanes) is 3. The summed E-state index contributed by atoms with van der Waals surface area (Å²) in [6.45, 7) is 7.06. The van der Waals surface area contributed by atoms with Gasteiger partial charge in [-0.25, -0.2) is 4.98 Å². The normalized spacial score (nSPS) is 11.5. The number of hydrogen-bond donors (Lipinski definition) is 2. The van der Waals surface area contributed by atoms with Crippen molar-refractivity contribution in [1.82, 2.24) is 9.97 Å². The van der Waals surface area contributed by atoms with E-state index in [0.29, 0.717) is 29.6 Å². The minimum absolute atomic E-state index is 0.0733. The van der Waals surface area contributed by atoms with Gasteiger partial charge in [0.1, 0.15) is 17.1 Å². The number of alkyl halides is 3. The molecule has 0 spiro atoms. The Bertz CT molecular complexity index is 1050. The highest BCUT2D eigenvalue weighted by Crippen LogP contribution is 2.35. The summed E-state index contributed by atoms with van der Waals surface area (Å²) in [6, 6.07) is 14.5. The molecule has 0 atom stereocenters. The minimum Gasteiger partial charge on any atom is -0.494 e. The van der Waals surface area contributed by atoms with Crippen molar-refractivity contribution in [3.05, 3.63) is 65.9 Å². The number of hydrogen-bond acceptors (Lipinski definition) is 5. The van der Waals surface area contributed by atoms with Crippen molar-refractivity contribution in [2.24, 2.45) is 5.92 Å². The topological polar surface area (TPSA) is 59.1 Å². The first kappa shape index (κ1) is 26.3. The molecule has 0 saturated carbocycles. The van der Waals surface area contributed by atoms with E-state index in [1.165, 1.54) is 12.0 Å². The zero-order valence-electron chi connectivity index (χ0n) is 20.5. The molecular formula is C27H33F3N4O. The lowest BCUT2D eigenvalue weighted by Gasteiger charge is -2.15. The van der Waals surface area contributed by atoms with Crippen molar-refractivity contribution in [2.75, 3.05) is 17.2 Å². The van der Waals surface area contributed by atoms with Crippen molar-refractivity contribution in [1.29, 1.82) is 0 Å². The van der Waals surface area contributed by atoms with E-state index < -0.39 is 11.7 Å². The Morgan fingerprint density at radius 3 is 2.17 bits per heavy atom. The molecule has 0 unspecified atom stereocenters. The minimum atomic E-state index is -4.60. The van der Waals surface area contributed by atoms with E-state index in [4.69, 9.17) is 4.74 Å². The van der Waals surface area contributed by atoms with Crippen molar-refractivity contribution in [2.45, 2.75) is 59.1 Å². The molecule has 0 saturated heterocycles. The summed E-state index contributed by atoms with van der Waals surface area (Å²) >= 11 is 0. The molecule has 0 radical (unpaired) electrons. The number of rotatable bonds is 12. The van der Waals surface area contributed by atoms with Crippen LogP contribution in [0.3, 0.4) is 0 Å². The van der Waals surface area contributed by atoms with E-state index in [2.05, 4.69) is 41.4 Å². The van der Waals surface area contributed by atoms with E-state index in [0.717, 1.165) is 31.9 Å². The van der Waals surface area contributed by atoms with Gasteiger partial charge in [0.25, 0.3) is 0 Å². The van der Waals surface area contributed by atoms with Crippen LogP contribution < -0.4 is 15.4 Å². The zero-order valence-corrected chi connectivity index (χ0v) is 20.5. The summed E-state index contributed by atoms with van der Waals surface area (Å²) in [5, 5.41) is 5.77. The molecule has 0 aliphatic carbocycles. The Balaban J connectivity index is 1.71. The third-order valence-electron chi connectivity index (χ3n) is 5.33. The van der Waals surface area contributed by atoms with E-state index in [9.17, 15) is 13.2 Å². The largest absolute Gasteiger partial charge is 0.494 e. The van der Waals surface area contributed by atoms with E-state index >= 15 is 0 Å². The molecule has 188 valence electrons. The quantitative estimate of drug-likeness (QED) is 0.253. The molecule has 1 heterocycles. The molecule has 0 bridgehead atoms. The predicted octanol–water partition coefficient (Wildman–Crippen LogP) is 8.14. The molecule has 0 fully saturated rings. The molecule has 0 amide bonds. The van der Waals surface area contributed by atoms with Gasteiger partial charge in [-0.05, 0) is 60.7 Å². The Hall–Kier alpha value is -3.29. The zero-order chi connectivity index (χ0) is 25.3. The molecule has 1 aromatic heterocycles. The summed E-state index contributed by atoms with van der Waals surface area (Å²) in [6.07, 6.45) is 1.56. The maximum absolute atomic E-state index is 13.6. The third-order valence-corrected chi connectivity index (χ3v) is 5.33. The van der Waals surface area contributed by atoms with Crippen molar-refractivity contribution >= 4 is 23.1 Å². The second-order valence-corrected chi connectivity index (χ2v) is 8.93. The van der Waals surface area contributed by atoms with Gasteiger partial charge < -0.3 is 15.4 Å². The maximum Gasteiger partial charge on any atom is 0.421 e. The lowest BCUT2D eigenvalue weighted by atomic mass is 10.0. The fraction of sp³-hybridized carbons (Fsp3) is 0.407. The smallest absolute Gasteiger partial charge is 0.421 e. The van der Waals surface area contributed by atoms with Crippen LogP contribution in [0.15, 0.2) is 54.7 Å². The van der Waals surface area contributed by atoms with Gasteiger partial charge in [0.2, 0.25) is 5.95 Å². The van der Waals surface area contributed by atoms with Gasteiger partial charge >= 0.3 is 6.18 Å². The van der Waals surface area contributed by atoms with Crippen molar-refractivity contribution in [3.63, 3.8) is 0 Å². The van der Waals surface area contributed by atoms with Crippen LogP contribution >= 0.6 is 0 Å². The lowest BCUT2D eigenvalue weighted by Crippen LogP contribution is -2.12. The van der Waals surface area contributed by atoms with Crippen LogP contribution in [0.25, 0.3) is 0 Å². The monoisotopic (exact) mass is 486 g/mol. The van der Waals surface area contributed by atoms with Crippen LogP contribution in [0.4, 0.5) is 36.3 Å².